The maximum absolute atomic E-state index is 13.0. The van der Waals surface area contributed by atoms with Crippen LogP contribution < -0.4 is 5.73 Å². The standard InChI is InChI=1S/C18H28N2O/c1-2-15-9-6-7-12-17(15)18(21)20(14-8-13-19)16-10-4-3-5-11-16/h6-7,9,12,16H,2-5,8,10-11,13-14,19H2,1H3. The van der Waals surface area contributed by atoms with Gasteiger partial charge >= 0.3 is 0 Å². The van der Waals surface area contributed by atoms with E-state index in [-0.39, 0.29) is 5.91 Å². The van der Waals surface area contributed by atoms with Crippen molar-refractivity contribution in [1.29, 1.82) is 0 Å². The Morgan fingerprint density at radius 1 is 1.24 bits per heavy atom. The van der Waals surface area contributed by atoms with Crippen molar-refractivity contribution in [1.82, 2.24) is 4.90 Å². The number of hydrogen-bond acceptors (Lipinski definition) is 2. The van der Waals surface area contributed by atoms with Crippen LogP contribution in [0.1, 0.15) is 61.4 Å². The molecule has 1 amide bonds. The number of rotatable bonds is 6. The van der Waals surface area contributed by atoms with Crippen molar-refractivity contribution in [3.05, 3.63) is 35.4 Å². The van der Waals surface area contributed by atoms with Crippen LogP contribution in [0.15, 0.2) is 24.3 Å². The molecule has 1 aromatic carbocycles. The largest absolute Gasteiger partial charge is 0.336 e. The molecule has 2 N–H and O–H groups in total. The third-order valence-corrected chi connectivity index (χ3v) is 4.51. The maximum Gasteiger partial charge on any atom is 0.254 e. The molecular formula is C18H28N2O. The molecule has 116 valence electrons. The van der Waals surface area contributed by atoms with E-state index in [1.165, 1.54) is 19.3 Å². The number of hydrogen-bond donors (Lipinski definition) is 1. The first kappa shape index (κ1) is 16.0. The molecule has 0 aliphatic heterocycles. The average Bonchev–Trinajstić information content (AvgIpc) is 2.56. The number of nitrogens with zero attached hydrogens (tertiary/aromatic N) is 1. The molecule has 0 bridgehead atoms. The van der Waals surface area contributed by atoms with Gasteiger partial charge in [-0.15, -0.1) is 0 Å². The van der Waals surface area contributed by atoms with Gasteiger partial charge < -0.3 is 10.6 Å². The second-order valence-electron chi connectivity index (χ2n) is 5.94. The van der Waals surface area contributed by atoms with E-state index in [1.807, 2.05) is 18.2 Å². The second-order valence-corrected chi connectivity index (χ2v) is 5.94. The van der Waals surface area contributed by atoms with Crippen LogP contribution in [-0.4, -0.2) is 29.9 Å². The number of benzene rings is 1. The molecule has 0 radical (unpaired) electrons. The van der Waals surface area contributed by atoms with E-state index in [4.69, 9.17) is 5.73 Å². The zero-order chi connectivity index (χ0) is 15.1. The molecule has 1 aromatic rings. The van der Waals surface area contributed by atoms with Crippen LogP contribution in [0.5, 0.6) is 0 Å². The predicted octanol–water partition coefficient (Wildman–Crippen LogP) is 3.37. The minimum atomic E-state index is 0.202. The van der Waals surface area contributed by atoms with E-state index in [0.29, 0.717) is 12.6 Å². The lowest BCUT2D eigenvalue weighted by molar-refractivity contribution is 0.0631. The molecule has 0 atom stereocenters. The molecule has 0 heterocycles. The van der Waals surface area contributed by atoms with Crippen molar-refractivity contribution in [3.63, 3.8) is 0 Å². The quantitative estimate of drug-likeness (QED) is 0.872. The van der Waals surface area contributed by atoms with E-state index < -0.39 is 0 Å². The first-order valence-corrected chi connectivity index (χ1v) is 8.36. The third-order valence-electron chi connectivity index (χ3n) is 4.51. The highest BCUT2D eigenvalue weighted by Gasteiger charge is 2.26. The predicted molar refractivity (Wildman–Crippen MR) is 87.4 cm³/mol. The van der Waals surface area contributed by atoms with Crippen LogP contribution >= 0.6 is 0 Å². The van der Waals surface area contributed by atoms with Crippen LogP contribution in [-0.2, 0) is 6.42 Å². The Morgan fingerprint density at radius 2 is 1.95 bits per heavy atom. The van der Waals surface area contributed by atoms with Gasteiger partial charge in [0, 0.05) is 18.2 Å². The topological polar surface area (TPSA) is 46.3 Å². The molecule has 2 rings (SSSR count). The molecule has 0 unspecified atom stereocenters. The van der Waals surface area contributed by atoms with Gasteiger partial charge in [-0.2, -0.15) is 0 Å². The maximum atomic E-state index is 13.0. The van der Waals surface area contributed by atoms with E-state index in [9.17, 15) is 4.79 Å². The summed E-state index contributed by atoms with van der Waals surface area (Å²) in [5, 5.41) is 0. The summed E-state index contributed by atoms with van der Waals surface area (Å²) in [5.41, 5.74) is 7.69. The van der Waals surface area contributed by atoms with Gasteiger partial charge in [0.05, 0.1) is 0 Å². The van der Waals surface area contributed by atoms with Crippen LogP contribution in [0.4, 0.5) is 0 Å². The van der Waals surface area contributed by atoms with Crippen molar-refractivity contribution in [3.8, 4) is 0 Å². The SMILES string of the molecule is CCc1ccccc1C(=O)N(CCCN)C1CCCCC1. The number of amides is 1. The fourth-order valence-corrected chi connectivity index (χ4v) is 3.30. The summed E-state index contributed by atoms with van der Waals surface area (Å²) in [5.74, 6) is 0.202. The monoisotopic (exact) mass is 288 g/mol. The van der Waals surface area contributed by atoms with E-state index in [1.54, 1.807) is 0 Å². The highest BCUT2D eigenvalue weighted by atomic mass is 16.2. The summed E-state index contributed by atoms with van der Waals surface area (Å²) in [6.45, 7) is 3.54. The summed E-state index contributed by atoms with van der Waals surface area (Å²) in [6.07, 6.45) is 7.86. The summed E-state index contributed by atoms with van der Waals surface area (Å²) < 4.78 is 0. The van der Waals surface area contributed by atoms with E-state index in [0.717, 1.165) is 43.4 Å². The molecular weight excluding hydrogens is 260 g/mol. The van der Waals surface area contributed by atoms with Crippen LogP contribution in [0.2, 0.25) is 0 Å². The van der Waals surface area contributed by atoms with Gasteiger partial charge in [-0.25, -0.2) is 0 Å². The minimum Gasteiger partial charge on any atom is -0.336 e. The Morgan fingerprint density at radius 3 is 2.62 bits per heavy atom. The average molecular weight is 288 g/mol. The smallest absolute Gasteiger partial charge is 0.254 e. The van der Waals surface area contributed by atoms with Crippen LogP contribution in [0.3, 0.4) is 0 Å². The molecule has 1 aliphatic carbocycles. The Hall–Kier alpha value is -1.35. The lowest BCUT2D eigenvalue weighted by Crippen LogP contribution is -2.42. The molecule has 1 fully saturated rings. The van der Waals surface area contributed by atoms with Crippen molar-refractivity contribution in [2.45, 2.75) is 57.9 Å². The second kappa shape index (κ2) is 8.18. The number of carbonyl (C=O) groups excluding carboxylic acids is 1. The van der Waals surface area contributed by atoms with Crippen LogP contribution in [0.25, 0.3) is 0 Å². The molecule has 0 spiro atoms. The minimum absolute atomic E-state index is 0.202. The molecule has 3 nitrogen and oxygen atoms in total. The highest BCUT2D eigenvalue weighted by Crippen LogP contribution is 2.25. The third kappa shape index (κ3) is 4.07. The van der Waals surface area contributed by atoms with Gasteiger partial charge in [0.15, 0.2) is 0 Å². The van der Waals surface area contributed by atoms with Crippen molar-refractivity contribution in [2.75, 3.05) is 13.1 Å². The Labute approximate surface area is 128 Å². The van der Waals surface area contributed by atoms with Gasteiger partial charge in [-0.05, 0) is 43.9 Å². The summed E-state index contributed by atoms with van der Waals surface area (Å²) in [7, 11) is 0. The fourth-order valence-electron chi connectivity index (χ4n) is 3.30. The normalized spacial score (nSPS) is 15.9. The Bertz CT molecular complexity index is 452. The lowest BCUT2D eigenvalue weighted by atomic mass is 9.93. The number of carbonyl (C=O) groups is 1. The summed E-state index contributed by atoms with van der Waals surface area (Å²) >= 11 is 0. The highest BCUT2D eigenvalue weighted by molar-refractivity contribution is 5.96. The Kier molecular flexibility index (Phi) is 6.24. The van der Waals surface area contributed by atoms with Gasteiger partial charge in [0.25, 0.3) is 5.91 Å². The molecule has 1 aliphatic rings. The molecule has 3 heteroatoms. The van der Waals surface area contributed by atoms with Crippen molar-refractivity contribution < 1.29 is 4.79 Å². The van der Waals surface area contributed by atoms with Gasteiger partial charge in [-0.3, -0.25) is 4.79 Å². The fraction of sp³-hybridized carbons (Fsp3) is 0.611. The van der Waals surface area contributed by atoms with E-state index in [2.05, 4.69) is 17.9 Å². The van der Waals surface area contributed by atoms with Gasteiger partial charge in [0.2, 0.25) is 0 Å². The zero-order valence-electron chi connectivity index (χ0n) is 13.2. The van der Waals surface area contributed by atoms with E-state index >= 15 is 0 Å². The van der Waals surface area contributed by atoms with Crippen molar-refractivity contribution in [2.24, 2.45) is 5.73 Å². The number of nitrogens with two attached hydrogens (primary N) is 1. The summed E-state index contributed by atoms with van der Waals surface area (Å²) in [4.78, 5) is 15.1. The first-order chi connectivity index (χ1) is 10.3. The lowest BCUT2D eigenvalue weighted by Gasteiger charge is -2.35. The summed E-state index contributed by atoms with van der Waals surface area (Å²) in [6, 6.07) is 8.42. The first-order valence-electron chi connectivity index (χ1n) is 8.36. The molecule has 1 saturated carbocycles. The van der Waals surface area contributed by atoms with Gasteiger partial charge in [0.1, 0.15) is 0 Å². The Balaban J connectivity index is 2.20. The number of aryl methyl sites for hydroxylation is 1. The molecule has 0 saturated heterocycles. The molecule has 0 aromatic heterocycles. The van der Waals surface area contributed by atoms with Crippen LogP contribution in [0, 0.1) is 0 Å². The zero-order valence-corrected chi connectivity index (χ0v) is 13.2. The van der Waals surface area contributed by atoms with Crippen molar-refractivity contribution >= 4 is 5.91 Å². The van der Waals surface area contributed by atoms with Gasteiger partial charge in [-0.1, -0.05) is 44.4 Å². The molecule has 21 heavy (non-hydrogen) atoms.